The van der Waals surface area contributed by atoms with Gasteiger partial charge in [0.25, 0.3) is 5.91 Å². The number of rotatable bonds is 3. The molecule has 1 saturated carbocycles. The van der Waals surface area contributed by atoms with E-state index in [0.717, 1.165) is 48.1 Å². The molecule has 0 spiro atoms. The summed E-state index contributed by atoms with van der Waals surface area (Å²) in [7, 11) is 0. The molecule has 5 rings (SSSR count). The molecule has 2 fully saturated rings. The van der Waals surface area contributed by atoms with E-state index >= 15 is 0 Å². The fraction of sp³-hybridized carbons (Fsp3) is 0.381. The highest BCUT2D eigenvalue weighted by atomic mass is 16.2. The van der Waals surface area contributed by atoms with Gasteiger partial charge in [0.15, 0.2) is 0 Å². The van der Waals surface area contributed by atoms with Crippen LogP contribution in [0, 0.1) is 0 Å². The molecule has 2 aromatic heterocycles. The summed E-state index contributed by atoms with van der Waals surface area (Å²) < 4.78 is 1.99. The number of carbonyl (C=O) groups excluding carboxylic acids is 1. The molecule has 26 heavy (non-hydrogen) atoms. The molecule has 0 bridgehead atoms. The fourth-order valence-corrected chi connectivity index (χ4v) is 3.98. The van der Waals surface area contributed by atoms with Crippen molar-refractivity contribution in [3.8, 4) is 0 Å². The normalized spacial score (nSPS) is 20.5. The first-order chi connectivity index (χ1) is 12.8. The summed E-state index contributed by atoms with van der Waals surface area (Å²) in [6, 6.07) is 12.3. The van der Waals surface area contributed by atoms with E-state index in [9.17, 15) is 4.79 Å². The number of amides is 1. The first-order valence-electron chi connectivity index (χ1n) is 9.48. The molecule has 1 atom stereocenters. The third kappa shape index (κ3) is 2.77. The number of fused-ring (bicyclic) bond motifs is 1. The molecule has 3 aromatic rings. The van der Waals surface area contributed by atoms with Gasteiger partial charge in [-0.05, 0) is 43.9 Å². The van der Waals surface area contributed by atoms with Crippen molar-refractivity contribution in [2.75, 3.05) is 13.1 Å². The number of benzene rings is 1. The van der Waals surface area contributed by atoms with Crippen LogP contribution < -0.4 is 0 Å². The molecule has 1 amide bonds. The highest BCUT2D eigenvalue weighted by molar-refractivity contribution is 6.06. The average Bonchev–Trinajstić information content (AvgIpc) is 3.40. The van der Waals surface area contributed by atoms with Crippen LogP contribution in [-0.2, 0) is 0 Å². The molecular weight excluding hydrogens is 324 g/mol. The molecule has 0 radical (unpaired) electrons. The molecule has 1 saturated heterocycles. The van der Waals surface area contributed by atoms with Gasteiger partial charge in [-0.25, -0.2) is 0 Å². The molecule has 1 unspecified atom stereocenters. The second-order valence-electron chi connectivity index (χ2n) is 7.42. The van der Waals surface area contributed by atoms with Crippen LogP contribution in [0.5, 0.6) is 0 Å². The number of pyridine rings is 1. The van der Waals surface area contributed by atoms with Crippen molar-refractivity contribution in [3.63, 3.8) is 0 Å². The van der Waals surface area contributed by atoms with Crippen molar-refractivity contribution in [2.45, 2.75) is 37.6 Å². The predicted octanol–water partition coefficient (Wildman–Crippen LogP) is 3.79. The van der Waals surface area contributed by atoms with Crippen molar-refractivity contribution >= 4 is 16.8 Å². The van der Waals surface area contributed by atoms with E-state index in [1.807, 2.05) is 52.2 Å². The second-order valence-corrected chi connectivity index (χ2v) is 7.42. The first-order valence-corrected chi connectivity index (χ1v) is 9.48. The largest absolute Gasteiger partial charge is 0.336 e. The van der Waals surface area contributed by atoms with Gasteiger partial charge >= 0.3 is 0 Å². The summed E-state index contributed by atoms with van der Waals surface area (Å²) in [6.07, 6.45) is 8.24. The third-order valence-electron chi connectivity index (χ3n) is 5.54. The van der Waals surface area contributed by atoms with Gasteiger partial charge in [0.2, 0.25) is 0 Å². The summed E-state index contributed by atoms with van der Waals surface area (Å²) >= 11 is 0. The average molecular weight is 346 g/mol. The zero-order valence-electron chi connectivity index (χ0n) is 14.7. The van der Waals surface area contributed by atoms with E-state index in [0.29, 0.717) is 5.92 Å². The Kier molecular flexibility index (Phi) is 3.73. The minimum Gasteiger partial charge on any atom is -0.336 e. The maximum Gasteiger partial charge on any atom is 0.254 e. The summed E-state index contributed by atoms with van der Waals surface area (Å²) in [5, 5.41) is 5.33. The maximum atomic E-state index is 13.4. The molecule has 1 aliphatic heterocycles. The smallest absolute Gasteiger partial charge is 0.254 e. The Labute approximate surface area is 152 Å². The monoisotopic (exact) mass is 346 g/mol. The van der Waals surface area contributed by atoms with E-state index in [-0.39, 0.29) is 11.9 Å². The van der Waals surface area contributed by atoms with Gasteiger partial charge < -0.3 is 4.90 Å². The van der Waals surface area contributed by atoms with E-state index < -0.39 is 0 Å². The zero-order chi connectivity index (χ0) is 17.5. The Bertz CT molecular complexity index is 946. The number of nitrogens with zero attached hydrogens (tertiary/aromatic N) is 4. The van der Waals surface area contributed by atoms with Crippen LogP contribution in [0.3, 0.4) is 0 Å². The Morgan fingerprint density at radius 3 is 2.81 bits per heavy atom. The van der Waals surface area contributed by atoms with Crippen molar-refractivity contribution in [1.82, 2.24) is 19.7 Å². The fourth-order valence-electron chi connectivity index (χ4n) is 3.98. The summed E-state index contributed by atoms with van der Waals surface area (Å²) in [5.41, 5.74) is 2.81. The number of hydrogen-bond acceptors (Lipinski definition) is 3. The highest BCUT2D eigenvalue weighted by Gasteiger charge is 2.30. The summed E-state index contributed by atoms with van der Waals surface area (Å²) in [6.45, 7) is 1.53. The van der Waals surface area contributed by atoms with Crippen LogP contribution >= 0.6 is 0 Å². The van der Waals surface area contributed by atoms with Gasteiger partial charge in [-0.15, -0.1) is 0 Å². The van der Waals surface area contributed by atoms with Crippen LogP contribution in [0.15, 0.2) is 48.8 Å². The number of carbonyl (C=O) groups is 1. The van der Waals surface area contributed by atoms with E-state index in [1.165, 1.54) is 12.8 Å². The third-order valence-corrected chi connectivity index (χ3v) is 5.54. The SMILES string of the molecule is O=C(c1cc(C2CC2)nc2ccccc12)N1CCCC(n2cccn2)C1. The molecule has 3 heterocycles. The Hall–Kier alpha value is -2.69. The Morgan fingerprint density at radius 1 is 1.12 bits per heavy atom. The van der Waals surface area contributed by atoms with Gasteiger partial charge in [0.05, 0.1) is 17.1 Å². The van der Waals surface area contributed by atoms with E-state index in [4.69, 9.17) is 4.98 Å². The van der Waals surface area contributed by atoms with Crippen molar-refractivity contribution in [2.24, 2.45) is 0 Å². The highest BCUT2D eigenvalue weighted by Crippen LogP contribution is 2.40. The molecule has 5 nitrogen and oxygen atoms in total. The summed E-state index contributed by atoms with van der Waals surface area (Å²) in [4.78, 5) is 20.2. The van der Waals surface area contributed by atoms with Crippen molar-refractivity contribution < 1.29 is 4.79 Å². The molecule has 0 N–H and O–H groups in total. The van der Waals surface area contributed by atoms with Gasteiger partial charge in [0.1, 0.15) is 0 Å². The van der Waals surface area contributed by atoms with Gasteiger partial charge in [0, 0.05) is 42.5 Å². The summed E-state index contributed by atoms with van der Waals surface area (Å²) in [5.74, 6) is 0.659. The number of hydrogen-bond donors (Lipinski definition) is 0. The Balaban J connectivity index is 1.49. The standard InChI is InChI=1S/C21H22N4O/c26-21(24-11-3-5-16(14-24)25-12-4-10-22-25)18-13-20(15-8-9-15)23-19-7-2-1-6-17(18)19/h1-2,4,6-7,10,12-13,15-16H,3,5,8-9,11,14H2. The minimum atomic E-state index is 0.127. The topological polar surface area (TPSA) is 51.0 Å². The number of piperidine rings is 1. The zero-order valence-corrected chi connectivity index (χ0v) is 14.7. The maximum absolute atomic E-state index is 13.4. The molecule has 1 aromatic carbocycles. The van der Waals surface area contributed by atoms with Crippen LogP contribution in [0.1, 0.15) is 53.7 Å². The number of aromatic nitrogens is 3. The van der Waals surface area contributed by atoms with Gasteiger partial charge in [-0.2, -0.15) is 5.10 Å². The molecule has 5 heteroatoms. The lowest BCUT2D eigenvalue weighted by Gasteiger charge is -2.33. The van der Waals surface area contributed by atoms with Crippen LogP contribution in [0.2, 0.25) is 0 Å². The molecule has 132 valence electrons. The second kappa shape index (κ2) is 6.24. The number of likely N-dealkylation sites (tertiary alicyclic amines) is 1. The molecule has 1 aliphatic carbocycles. The predicted molar refractivity (Wildman–Crippen MR) is 100 cm³/mol. The van der Waals surface area contributed by atoms with Gasteiger partial charge in [-0.3, -0.25) is 14.5 Å². The van der Waals surface area contributed by atoms with Crippen LogP contribution in [0.4, 0.5) is 0 Å². The lowest BCUT2D eigenvalue weighted by atomic mass is 10.0. The van der Waals surface area contributed by atoms with Crippen LogP contribution in [-0.4, -0.2) is 38.7 Å². The lowest BCUT2D eigenvalue weighted by Crippen LogP contribution is -2.41. The minimum absolute atomic E-state index is 0.127. The van der Waals surface area contributed by atoms with E-state index in [1.54, 1.807) is 6.20 Å². The van der Waals surface area contributed by atoms with E-state index in [2.05, 4.69) is 5.10 Å². The molecular formula is C21H22N4O. The quantitative estimate of drug-likeness (QED) is 0.725. The Morgan fingerprint density at radius 2 is 2.00 bits per heavy atom. The lowest BCUT2D eigenvalue weighted by molar-refractivity contribution is 0.0675. The van der Waals surface area contributed by atoms with Crippen LogP contribution in [0.25, 0.3) is 10.9 Å². The van der Waals surface area contributed by atoms with Gasteiger partial charge in [-0.1, -0.05) is 18.2 Å². The number of para-hydroxylation sites is 1. The molecule has 2 aliphatic rings. The van der Waals surface area contributed by atoms with Crippen molar-refractivity contribution in [1.29, 1.82) is 0 Å². The van der Waals surface area contributed by atoms with Crippen molar-refractivity contribution in [3.05, 3.63) is 60.0 Å². The first kappa shape index (κ1) is 15.6.